The first kappa shape index (κ1) is 25.4. The highest BCUT2D eigenvalue weighted by Crippen LogP contribution is 2.36. The summed E-state index contributed by atoms with van der Waals surface area (Å²) in [6.45, 7) is 8.24. The lowest BCUT2D eigenvalue weighted by Crippen LogP contribution is -2.19. The van der Waals surface area contributed by atoms with E-state index in [2.05, 4.69) is 78.3 Å². The largest absolute Gasteiger partial charge is 0.497 e. The Kier molecular flexibility index (Phi) is 8.15. The molecule has 1 fully saturated rings. The number of unbranched alkanes of at least 4 members (excludes halogenated alkanes) is 1. The standard InChI is InChI=1S/C33H40N2O2/c1-4-5-20-37-30-16-17-32-31(21-30)24(2)33(28-12-14-29(36-3)15-13-28)35(32)23-27-10-6-25(7-11-27)18-19-34-22-26-8-9-26/h6-7,10-17,21,26,34H,4-5,8-9,18-20,22-23H2,1-3H3. The molecule has 1 heterocycles. The average Bonchev–Trinajstić information content (AvgIpc) is 3.72. The number of hydrogen-bond acceptors (Lipinski definition) is 3. The molecule has 0 unspecified atom stereocenters. The molecule has 1 aliphatic rings. The average molecular weight is 497 g/mol. The van der Waals surface area contributed by atoms with Crippen molar-refractivity contribution in [3.63, 3.8) is 0 Å². The summed E-state index contributed by atoms with van der Waals surface area (Å²) in [5, 5.41) is 4.85. The Hall–Kier alpha value is -3.24. The minimum Gasteiger partial charge on any atom is -0.497 e. The van der Waals surface area contributed by atoms with E-state index in [1.165, 1.54) is 58.2 Å². The molecule has 0 radical (unpaired) electrons. The van der Waals surface area contributed by atoms with E-state index >= 15 is 0 Å². The van der Waals surface area contributed by atoms with Crippen molar-refractivity contribution in [2.75, 3.05) is 26.8 Å². The Bertz CT molecular complexity index is 1300. The van der Waals surface area contributed by atoms with Gasteiger partial charge in [0.05, 0.1) is 19.4 Å². The fourth-order valence-electron chi connectivity index (χ4n) is 5.07. The van der Waals surface area contributed by atoms with E-state index in [9.17, 15) is 0 Å². The van der Waals surface area contributed by atoms with Crippen LogP contribution in [0.2, 0.25) is 0 Å². The highest BCUT2D eigenvalue weighted by molar-refractivity contribution is 5.92. The van der Waals surface area contributed by atoms with Crippen molar-refractivity contribution >= 4 is 10.9 Å². The molecule has 37 heavy (non-hydrogen) atoms. The van der Waals surface area contributed by atoms with Crippen LogP contribution < -0.4 is 14.8 Å². The molecule has 5 rings (SSSR count). The maximum atomic E-state index is 6.05. The molecule has 0 saturated heterocycles. The predicted molar refractivity (Wildman–Crippen MR) is 154 cm³/mol. The smallest absolute Gasteiger partial charge is 0.120 e. The third kappa shape index (κ3) is 6.19. The van der Waals surface area contributed by atoms with Crippen molar-refractivity contribution in [2.24, 2.45) is 5.92 Å². The molecule has 0 amide bonds. The van der Waals surface area contributed by atoms with Gasteiger partial charge in [0.2, 0.25) is 0 Å². The number of aromatic nitrogens is 1. The second-order valence-electron chi connectivity index (χ2n) is 10.4. The highest BCUT2D eigenvalue weighted by Gasteiger charge is 2.20. The lowest BCUT2D eigenvalue weighted by molar-refractivity contribution is 0.310. The number of hydrogen-bond donors (Lipinski definition) is 1. The van der Waals surface area contributed by atoms with Crippen molar-refractivity contribution in [1.82, 2.24) is 9.88 Å². The van der Waals surface area contributed by atoms with Gasteiger partial charge in [0.15, 0.2) is 0 Å². The van der Waals surface area contributed by atoms with Crippen LogP contribution in [0.5, 0.6) is 11.5 Å². The van der Waals surface area contributed by atoms with E-state index in [-0.39, 0.29) is 0 Å². The van der Waals surface area contributed by atoms with E-state index in [4.69, 9.17) is 9.47 Å². The third-order valence-corrected chi connectivity index (χ3v) is 7.50. The van der Waals surface area contributed by atoms with E-state index in [0.29, 0.717) is 0 Å². The summed E-state index contributed by atoms with van der Waals surface area (Å²) in [6, 6.07) is 24.1. The molecule has 1 N–H and O–H groups in total. The molecule has 1 saturated carbocycles. The number of methoxy groups -OCH3 is 1. The number of nitrogens with one attached hydrogen (secondary N) is 1. The van der Waals surface area contributed by atoms with Crippen LogP contribution in [0.25, 0.3) is 22.2 Å². The zero-order valence-electron chi connectivity index (χ0n) is 22.6. The SMILES string of the molecule is CCCCOc1ccc2c(c1)c(C)c(-c1ccc(OC)cc1)n2Cc1ccc(CCNCC2CC2)cc1. The first-order valence-corrected chi connectivity index (χ1v) is 13.8. The summed E-state index contributed by atoms with van der Waals surface area (Å²) >= 11 is 0. The van der Waals surface area contributed by atoms with Crippen LogP contribution in [0, 0.1) is 12.8 Å². The molecular weight excluding hydrogens is 456 g/mol. The summed E-state index contributed by atoms with van der Waals surface area (Å²) in [7, 11) is 1.71. The van der Waals surface area contributed by atoms with Crippen LogP contribution in [-0.4, -0.2) is 31.4 Å². The molecule has 194 valence electrons. The number of nitrogens with zero attached hydrogens (tertiary/aromatic N) is 1. The van der Waals surface area contributed by atoms with Crippen molar-refractivity contribution < 1.29 is 9.47 Å². The Morgan fingerprint density at radius 3 is 2.35 bits per heavy atom. The lowest BCUT2D eigenvalue weighted by atomic mass is 10.1. The van der Waals surface area contributed by atoms with Gasteiger partial charge in [-0.3, -0.25) is 0 Å². The molecule has 0 spiro atoms. The van der Waals surface area contributed by atoms with Crippen LogP contribution in [0.4, 0.5) is 0 Å². The Balaban J connectivity index is 1.42. The summed E-state index contributed by atoms with van der Waals surface area (Å²) in [5.41, 5.74) is 7.66. The molecule has 1 aromatic heterocycles. The first-order valence-electron chi connectivity index (χ1n) is 13.8. The molecule has 3 aromatic carbocycles. The molecule has 0 atom stereocenters. The fourth-order valence-corrected chi connectivity index (χ4v) is 5.07. The van der Waals surface area contributed by atoms with Gasteiger partial charge in [-0.05, 0) is 116 Å². The minimum absolute atomic E-state index is 0.759. The number of aryl methyl sites for hydroxylation is 1. The van der Waals surface area contributed by atoms with Crippen LogP contribution in [0.15, 0.2) is 66.7 Å². The molecule has 1 aliphatic carbocycles. The number of benzene rings is 3. The van der Waals surface area contributed by atoms with E-state index in [1.807, 2.05) is 12.1 Å². The zero-order chi connectivity index (χ0) is 25.6. The van der Waals surface area contributed by atoms with Gasteiger partial charge in [0, 0.05) is 17.4 Å². The molecule has 0 aliphatic heterocycles. The summed E-state index contributed by atoms with van der Waals surface area (Å²) in [5.74, 6) is 2.75. The van der Waals surface area contributed by atoms with Gasteiger partial charge < -0.3 is 19.4 Å². The van der Waals surface area contributed by atoms with Crippen molar-refractivity contribution in [3.05, 3.63) is 83.4 Å². The van der Waals surface area contributed by atoms with Crippen molar-refractivity contribution in [1.29, 1.82) is 0 Å². The van der Waals surface area contributed by atoms with Crippen LogP contribution in [0.1, 0.15) is 49.3 Å². The van der Waals surface area contributed by atoms with Gasteiger partial charge in [0.25, 0.3) is 0 Å². The second kappa shape index (κ2) is 11.9. The normalized spacial score (nSPS) is 13.3. The maximum Gasteiger partial charge on any atom is 0.120 e. The van der Waals surface area contributed by atoms with Gasteiger partial charge in [-0.1, -0.05) is 37.6 Å². The van der Waals surface area contributed by atoms with Gasteiger partial charge >= 0.3 is 0 Å². The zero-order valence-corrected chi connectivity index (χ0v) is 22.6. The Morgan fingerprint density at radius 1 is 0.919 bits per heavy atom. The topological polar surface area (TPSA) is 35.4 Å². The molecular formula is C33H40N2O2. The number of fused-ring (bicyclic) bond motifs is 1. The monoisotopic (exact) mass is 496 g/mol. The van der Waals surface area contributed by atoms with E-state index in [0.717, 1.165) is 56.4 Å². The lowest BCUT2D eigenvalue weighted by Gasteiger charge is -2.14. The number of ether oxygens (including phenoxy) is 2. The summed E-state index contributed by atoms with van der Waals surface area (Å²) in [4.78, 5) is 0. The quantitative estimate of drug-likeness (QED) is 0.196. The molecule has 0 bridgehead atoms. The predicted octanol–water partition coefficient (Wildman–Crippen LogP) is 7.39. The Morgan fingerprint density at radius 2 is 1.65 bits per heavy atom. The number of rotatable bonds is 13. The Labute approximate surface area is 221 Å². The molecule has 4 heteroatoms. The third-order valence-electron chi connectivity index (χ3n) is 7.50. The van der Waals surface area contributed by atoms with Crippen molar-refractivity contribution in [3.8, 4) is 22.8 Å². The van der Waals surface area contributed by atoms with Crippen LogP contribution in [0.3, 0.4) is 0 Å². The van der Waals surface area contributed by atoms with Crippen molar-refractivity contribution in [2.45, 2.75) is 52.5 Å². The first-order chi connectivity index (χ1) is 18.2. The van der Waals surface area contributed by atoms with Crippen LogP contribution >= 0.6 is 0 Å². The minimum atomic E-state index is 0.759. The second-order valence-corrected chi connectivity index (χ2v) is 10.4. The summed E-state index contributed by atoms with van der Waals surface area (Å²) < 4.78 is 13.9. The molecule has 4 nitrogen and oxygen atoms in total. The van der Waals surface area contributed by atoms with Crippen LogP contribution in [-0.2, 0) is 13.0 Å². The van der Waals surface area contributed by atoms with Gasteiger partial charge in [-0.25, -0.2) is 0 Å². The molecule has 4 aromatic rings. The van der Waals surface area contributed by atoms with Gasteiger partial charge in [-0.15, -0.1) is 0 Å². The maximum absolute atomic E-state index is 6.05. The van der Waals surface area contributed by atoms with E-state index in [1.54, 1.807) is 7.11 Å². The van der Waals surface area contributed by atoms with Gasteiger partial charge in [-0.2, -0.15) is 0 Å². The van der Waals surface area contributed by atoms with Gasteiger partial charge in [0.1, 0.15) is 11.5 Å². The summed E-state index contributed by atoms with van der Waals surface area (Å²) in [6.07, 6.45) is 6.09. The van der Waals surface area contributed by atoms with E-state index < -0.39 is 0 Å². The highest BCUT2D eigenvalue weighted by atomic mass is 16.5. The fraction of sp³-hybridized carbons (Fsp3) is 0.394.